The highest BCUT2D eigenvalue weighted by atomic mass is 16.5. The zero-order valence-electron chi connectivity index (χ0n) is 14.5. The summed E-state index contributed by atoms with van der Waals surface area (Å²) >= 11 is 0. The minimum atomic E-state index is -0.798. The molecule has 1 aromatic heterocycles. The normalized spacial score (nSPS) is 20.4. The number of nitrogens with zero attached hydrogens (tertiary/aromatic N) is 2. The van der Waals surface area contributed by atoms with Gasteiger partial charge in [0.1, 0.15) is 12.4 Å². The van der Waals surface area contributed by atoms with Gasteiger partial charge in [0.2, 0.25) is 5.91 Å². The number of morpholine rings is 1. The Kier molecular flexibility index (Phi) is 4.81. The van der Waals surface area contributed by atoms with E-state index in [0.29, 0.717) is 5.82 Å². The number of nitrogens with one attached hydrogen (secondary N) is 1. The largest absolute Gasteiger partial charge is 0.356 e. The highest BCUT2D eigenvalue weighted by molar-refractivity contribution is 5.95. The van der Waals surface area contributed by atoms with Crippen LogP contribution in [0.5, 0.6) is 0 Å². The Bertz CT molecular complexity index is 772. The van der Waals surface area contributed by atoms with Gasteiger partial charge in [0.25, 0.3) is 5.91 Å². The van der Waals surface area contributed by atoms with Gasteiger partial charge in [-0.3, -0.25) is 9.59 Å². The molecule has 2 heterocycles. The SMILES string of the molecule is Cc1ccc([C@H]2[C@@H](C(=O)Nc3ccc(C)cn3)OCC(=O)N2C)cc1. The molecule has 0 unspecified atom stereocenters. The molecule has 2 amide bonds. The molecule has 1 aliphatic rings. The van der Waals surface area contributed by atoms with E-state index in [1.165, 1.54) is 0 Å². The highest BCUT2D eigenvalue weighted by Gasteiger charge is 2.40. The van der Waals surface area contributed by atoms with Crippen molar-refractivity contribution in [2.45, 2.75) is 26.0 Å². The molecule has 6 heteroatoms. The van der Waals surface area contributed by atoms with E-state index < -0.39 is 12.1 Å². The van der Waals surface area contributed by atoms with Crippen LogP contribution >= 0.6 is 0 Å². The molecule has 0 spiro atoms. The maximum absolute atomic E-state index is 12.7. The lowest BCUT2D eigenvalue weighted by Crippen LogP contribution is -2.51. The van der Waals surface area contributed by atoms with E-state index in [0.717, 1.165) is 16.7 Å². The fourth-order valence-electron chi connectivity index (χ4n) is 2.83. The van der Waals surface area contributed by atoms with Crippen LogP contribution in [-0.2, 0) is 14.3 Å². The van der Waals surface area contributed by atoms with Crippen molar-refractivity contribution >= 4 is 17.6 Å². The fourth-order valence-corrected chi connectivity index (χ4v) is 2.83. The van der Waals surface area contributed by atoms with Crippen molar-refractivity contribution in [1.82, 2.24) is 9.88 Å². The van der Waals surface area contributed by atoms with Gasteiger partial charge in [0.05, 0.1) is 6.04 Å². The zero-order chi connectivity index (χ0) is 18.0. The molecular formula is C19H21N3O3. The third kappa shape index (κ3) is 3.69. The summed E-state index contributed by atoms with van der Waals surface area (Å²) in [6.07, 6.45) is 0.887. The average Bonchev–Trinajstić information content (AvgIpc) is 2.60. The number of benzene rings is 1. The van der Waals surface area contributed by atoms with Crippen molar-refractivity contribution in [3.63, 3.8) is 0 Å². The minimum absolute atomic E-state index is 0.113. The zero-order valence-corrected chi connectivity index (χ0v) is 14.5. The summed E-state index contributed by atoms with van der Waals surface area (Å²) in [6.45, 7) is 3.80. The van der Waals surface area contributed by atoms with Crippen molar-refractivity contribution in [3.8, 4) is 0 Å². The number of likely N-dealkylation sites (N-methyl/N-ethyl adjacent to an activating group) is 1. The molecule has 25 heavy (non-hydrogen) atoms. The second-order valence-corrected chi connectivity index (χ2v) is 6.30. The summed E-state index contributed by atoms with van der Waals surface area (Å²) in [7, 11) is 1.69. The maximum atomic E-state index is 12.7. The predicted molar refractivity (Wildman–Crippen MR) is 94.0 cm³/mol. The molecule has 0 aliphatic carbocycles. The highest BCUT2D eigenvalue weighted by Crippen LogP contribution is 2.30. The second kappa shape index (κ2) is 7.03. The van der Waals surface area contributed by atoms with Crippen LogP contribution in [0.15, 0.2) is 42.6 Å². The van der Waals surface area contributed by atoms with Crippen LogP contribution < -0.4 is 5.32 Å². The van der Waals surface area contributed by atoms with Crippen LogP contribution in [0.1, 0.15) is 22.7 Å². The number of aromatic nitrogens is 1. The third-order valence-electron chi connectivity index (χ3n) is 4.32. The topological polar surface area (TPSA) is 71.5 Å². The molecule has 1 saturated heterocycles. The first-order valence-electron chi connectivity index (χ1n) is 8.13. The lowest BCUT2D eigenvalue weighted by molar-refractivity contribution is -0.160. The van der Waals surface area contributed by atoms with Crippen LogP contribution in [0, 0.1) is 13.8 Å². The van der Waals surface area contributed by atoms with Crippen LogP contribution in [0.3, 0.4) is 0 Å². The Balaban J connectivity index is 1.85. The van der Waals surface area contributed by atoms with E-state index in [2.05, 4.69) is 10.3 Å². The summed E-state index contributed by atoms with van der Waals surface area (Å²) in [6, 6.07) is 10.9. The maximum Gasteiger partial charge on any atom is 0.257 e. The molecule has 1 N–H and O–H groups in total. The van der Waals surface area contributed by atoms with Gasteiger partial charge < -0.3 is 15.0 Å². The van der Waals surface area contributed by atoms with Gasteiger partial charge in [-0.2, -0.15) is 0 Å². The first-order valence-corrected chi connectivity index (χ1v) is 8.13. The molecule has 0 radical (unpaired) electrons. The Morgan fingerprint density at radius 3 is 2.48 bits per heavy atom. The van der Waals surface area contributed by atoms with Crippen molar-refractivity contribution in [3.05, 3.63) is 59.3 Å². The van der Waals surface area contributed by atoms with E-state index in [1.807, 2.05) is 44.2 Å². The van der Waals surface area contributed by atoms with E-state index in [-0.39, 0.29) is 18.4 Å². The van der Waals surface area contributed by atoms with Crippen LogP contribution in [-0.4, -0.2) is 41.5 Å². The van der Waals surface area contributed by atoms with Gasteiger partial charge in [0, 0.05) is 13.2 Å². The van der Waals surface area contributed by atoms with Crippen LogP contribution in [0.4, 0.5) is 5.82 Å². The van der Waals surface area contributed by atoms with Crippen molar-refractivity contribution in [1.29, 1.82) is 0 Å². The van der Waals surface area contributed by atoms with Gasteiger partial charge >= 0.3 is 0 Å². The van der Waals surface area contributed by atoms with E-state index >= 15 is 0 Å². The molecule has 2 aromatic rings. The Hall–Kier alpha value is -2.73. The summed E-state index contributed by atoms with van der Waals surface area (Å²) in [5.74, 6) is -0.00854. The molecule has 1 fully saturated rings. The van der Waals surface area contributed by atoms with E-state index in [9.17, 15) is 9.59 Å². The van der Waals surface area contributed by atoms with Gasteiger partial charge in [-0.05, 0) is 31.0 Å². The van der Waals surface area contributed by atoms with Gasteiger partial charge in [-0.1, -0.05) is 35.9 Å². The number of hydrogen-bond acceptors (Lipinski definition) is 4. The first kappa shape index (κ1) is 17.1. The Morgan fingerprint density at radius 1 is 1.16 bits per heavy atom. The smallest absolute Gasteiger partial charge is 0.257 e. The van der Waals surface area contributed by atoms with E-state index in [1.54, 1.807) is 24.2 Å². The third-order valence-corrected chi connectivity index (χ3v) is 4.32. The number of carbonyl (C=O) groups is 2. The lowest BCUT2D eigenvalue weighted by atomic mass is 9.97. The monoisotopic (exact) mass is 339 g/mol. The average molecular weight is 339 g/mol. The van der Waals surface area contributed by atoms with Crippen molar-refractivity contribution < 1.29 is 14.3 Å². The van der Waals surface area contributed by atoms with Crippen molar-refractivity contribution in [2.24, 2.45) is 0 Å². The van der Waals surface area contributed by atoms with Gasteiger partial charge in [-0.15, -0.1) is 0 Å². The molecule has 3 rings (SSSR count). The van der Waals surface area contributed by atoms with Gasteiger partial charge in [0.15, 0.2) is 6.10 Å². The fraction of sp³-hybridized carbons (Fsp3) is 0.316. The molecule has 2 atom stereocenters. The lowest BCUT2D eigenvalue weighted by Gasteiger charge is -2.38. The summed E-state index contributed by atoms with van der Waals surface area (Å²) < 4.78 is 5.58. The molecular weight excluding hydrogens is 318 g/mol. The molecule has 1 aliphatic heterocycles. The number of rotatable bonds is 3. The number of hydrogen-bond donors (Lipinski definition) is 1. The van der Waals surface area contributed by atoms with Gasteiger partial charge in [-0.25, -0.2) is 4.98 Å². The minimum Gasteiger partial charge on any atom is -0.356 e. The standard InChI is InChI=1S/C19H21N3O3/c1-12-4-7-14(8-5-12)17-18(25-11-16(23)22(17)3)19(24)21-15-9-6-13(2)10-20-15/h4-10,17-18H,11H2,1-3H3,(H,20,21,24)/t17-,18-/m0/s1. The number of pyridine rings is 1. The van der Waals surface area contributed by atoms with E-state index in [4.69, 9.17) is 4.74 Å². The quantitative estimate of drug-likeness (QED) is 0.931. The van der Waals surface area contributed by atoms with Crippen LogP contribution in [0.2, 0.25) is 0 Å². The first-order chi connectivity index (χ1) is 12.0. The summed E-state index contributed by atoms with van der Waals surface area (Å²) in [5.41, 5.74) is 2.98. The second-order valence-electron chi connectivity index (χ2n) is 6.30. The predicted octanol–water partition coefficient (Wildman–Crippen LogP) is 2.24. The number of carbonyl (C=O) groups excluding carboxylic acids is 2. The summed E-state index contributed by atoms with van der Waals surface area (Å²) in [4.78, 5) is 30.6. The number of amides is 2. The summed E-state index contributed by atoms with van der Waals surface area (Å²) in [5, 5.41) is 2.77. The number of aryl methyl sites for hydroxylation is 2. The number of anilines is 1. The number of ether oxygens (including phenoxy) is 1. The Morgan fingerprint density at radius 2 is 1.84 bits per heavy atom. The molecule has 0 bridgehead atoms. The molecule has 6 nitrogen and oxygen atoms in total. The molecule has 130 valence electrons. The molecule has 0 saturated carbocycles. The van der Waals surface area contributed by atoms with Crippen LogP contribution in [0.25, 0.3) is 0 Å². The van der Waals surface area contributed by atoms with Crippen molar-refractivity contribution in [2.75, 3.05) is 19.0 Å². The Labute approximate surface area is 146 Å². The molecule has 1 aromatic carbocycles.